The third-order valence-corrected chi connectivity index (χ3v) is 4.84. The largest absolute Gasteiger partial charge is 0.496 e. The first-order chi connectivity index (χ1) is 13.8. The van der Waals surface area contributed by atoms with E-state index in [9.17, 15) is 9.59 Å². The molecule has 0 amide bonds. The molecule has 7 nitrogen and oxygen atoms in total. The lowest BCUT2D eigenvalue weighted by Gasteiger charge is -2.08. The molecule has 0 atom stereocenters. The molecule has 2 aromatic rings. The molecule has 2 aromatic carbocycles. The van der Waals surface area contributed by atoms with Crippen molar-refractivity contribution < 1.29 is 33.6 Å². The molecule has 0 aromatic heterocycles. The molecule has 1 N–H and O–H groups in total. The maximum Gasteiger partial charge on any atom is 0.341 e. The number of hydrogen-bond acceptors (Lipinski definition) is 6. The number of carboxylic acid groups (broad SMARTS) is 1. The maximum absolute atomic E-state index is 11.4. The molecule has 0 aliphatic carbocycles. The predicted octanol–water partition coefficient (Wildman–Crippen LogP) is 4.35. The molecular weight excluding hydrogens is 423 g/mol. The monoisotopic (exact) mass is 442 g/mol. The van der Waals surface area contributed by atoms with Gasteiger partial charge in [-0.1, -0.05) is 23.2 Å². The number of esters is 1. The van der Waals surface area contributed by atoms with Crippen molar-refractivity contribution in [3.05, 3.63) is 62.1 Å². The number of carbonyl (C=O) groups excluding carboxylic acids is 1. The molecule has 0 spiro atoms. The van der Waals surface area contributed by atoms with Crippen LogP contribution in [-0.2, 0) is 34.0 Å². The number of hydrogen-bond donors (Lipinski definition) is 1. The Morgan fingerprint density at radius 2 is 1.62 bits per heavy atom. The Bertz CT molecular complexity index is 912. The zero-order valence-corrected chi connectivity index (χ0v) is 17.6. The Morgan fingerprint density at radius 3 is 2.17 bits per heavy atom. The molecule has 1 aliphatic rings. The number of fused-ring (bicyclic) bond motifs is 1. The van der Waals surface area contributed by atoms with E-state index in [1.54, 1.807) is 6.07 Å². The highest BCUT2D eigenvalue weighted by Crippen LogP contribution is 2.29. The highest BCUT2D eigenvalue weighted by molar-refractivity contribution is 6.42. The Balaban J connectivity index is 0.000000208. The Morgan fingerprint density at radius 1 is 1.00 bits per heavy atom. The van der Waals surface area contributed by atoms with Gasteiger partial charge in [0.25, 0.3) is 0 Å². The fraction of sp³-hybridized carbons (Fsp3) is 0.300. The lowest BCUT2D eigenvalue weighted by atomic mass is 10.1. The van der Waals surface area contributed by atoms with Gasteiger partial charge in [0.1, 0.15) is 11.3 Å². The number of benzene rings is 2. The number of methoxy groups -OCH3 is 3. The number of halogens is 2. The van der Waals surface area contributed by atoms with Crippen LogP contribution in [0.3, 0.4) is 0 Å². The number of carbonyl (C=O) groups is 2. The van der Waals surface area contributed by atoms with E-state index in [0.717, 1.165) is 11.1 Å². The molecule has 0 saturated heterocycles. The van der Waals surface area contributed by atoms with E-state index in [1.807, 2.05) is 6.07 Å². The van der Waals surface area contributed by atoms with Gasteiger partial charge < -0.3 is 24.1 Å². The topological polar surface area (TPSA) is 91.3 Å². The fourth-order valence-electron chi connectivity index (χ4n) is 2.71. The summed E-state index contributed by atoms with van der Waals surface area (Å²) in [6.07, 6.45) is 0. The summed E-state index contributed by atoms with van der Waals surface area (Å²) in [6, 6.07) is 6.42. The third-order valence-electron chi connectivity index (χ3n) is 4.12. The van der Waals surface area contributed by atoms with Crippen molar-refractivity contribution in [1.29, 1.82) is 0 Å². The molecule has 0 bridgehead atoms. The van der Waals surface area contributed by atoms with Crippen LogP contribution in [0.25, 0.3) is 0 Å². The standard InChI is InChI=1S/C11H12O4.C9H8Cl2O3/c1-13-10-4-8-6-15-5-7(8)3-9(10)11(12)14-2;1-14-4-5-2-7(10)8(11)3-6(5)9(12)13/h3-4H,5-6H2,1-2H3;2-3H,4H2,1H3,(H,12,13). The summed E-state index contributed by atoms with van der Waals surface area (Å²) in [5.74, 6) is -0.900. The van der Waals surface area contributed by atoms with E-state index < -0.39 is 5.97 Å². The van der Waals surface area contributed by atoms with Crippen LogP contribution in [0.15, 0.2) is 24.3 Å². The van der Waals surface area contributed by atoms with Gasteiger partial charge in [-0.3, -0.25) is 0 Å². The molecule has 0 radical (unpaired) electrons. The zero-order chi connectivity index (χ0) is 21.6. The Hall–Kier alpha value is -2.32. The predicted molar refractivity (Wildman–Crippen MR) is 107 cm³/mol. The van der Waals surface area contributed by atoms with Crippen LogP contribution in [0.2, 0.25) is 10.0 Å². The summed E-state index contributed by atoms with van der Waals surface area (Å²) < 4.78 is 19.9. The second-order valence-electron chi connectivity index (χ2n) is 5.97. The first-order valence-corrected chi connectivity index (χ1v) is 9.13. The van der Waals surface area contributed by atoms with Gasteiger partial charge in [-0.05, 0) is 41.0 Å². The summed E-state index contributed by atoms with van der Waals surface area (Å²) in [7, 11) is 4.36. The molecule has 0 unspecified atom stereocenters. The van der Waals surface area contributed by atoms with Crippen molar-refractivity contribution in [2.75, 3.05) is 21.3 Å². The van der Waals surface area contributed by atoms with Crippen LogP contribution in [0.5, 0.6) is 5.75 Å². The molecular formula is C20H20Cl2O7. The van der Waals surface area contributed by atoms with Crippen LogP contribution < -0.4 is 4.74 Å². The summed E-state index contributed by atoms with van der Waals surface area (Å²) in [5, 5.41) is 9.40. The normalized spacial score (nSPS) is 11.9. The van der Waals surface area contributed by atoms with Crippen LogP contribution in [0.4, 0.5) is 0 Å². The van der Waals surface area contributed by atoms with Gasteiger partial charge in [0.15, 0.2) is 0 Å². The minimum atomic E-state index is -1.05. The average Bonchev–Trinajstić information content (AvgIpc) is 3.16. The van der Waals surface area contributed by atoms with E-state index >= 15 is 0 Å². The molecule has 156 valence electrons. The summed E-state index contributed by atoms with van der Waals surface area (Å²) in [4.78, 5) is 22.3. The molecule has 3 rings (SSSR count). The van der Waals surface area contributed by atoms with Gasteiger partial charge in [0.2, 0.25) is 0 Å². The number of rotatable bonds is 5. The van der Waals surface area contributed by atoms with Gasteiger partial charge in [-0.2, -0.15) is 0 Å². The maximum atomic E-state index is 11.4. The van der Waals surface area contributed by atoms with Crippen molar-refractivity contribution in [3.63, 3.8) is 0 Å². The van der Waals surface area contributed by atoms with Crippen molar-refractivity contribution in [2.45, 2.75) is 19.8 Å². The average molecular weight is 443 g/mol. The van der Waals surface area contributed by atoms with Gasteiger partial charge in [-0.25, -0.2) is 9.59 Å². The summed E-state index contributed by atoms with van der Waals surface area (Å²) >= 11 is 11.4. The summed E-state index contributed by atoms with van der Waals surface area (Å²) in [6.45, 7) is 1.31. The first kappa shape index (κ1) is 23.0. The van der Waals surface area contributed by atoms with Crippen molar-refractivity contribution in [2.24, 2.45) is 0 Å². The quantitative estimate of drug-likeness (QED) is 0.687. The lowest BCUT2D eigenvalue weighted by molar-refractivity contribution is 0.0596. The van der Waals surface area contributed by atoms with Crippen molar-refractivity contribution in [3.8, 4) is 5.75 Å². The third kappa shape index (κ3) is 5.61. The second-order valence-corrected chi connectivity index (χ2v) is 6.78. The van der Waals surface area contributed by atoms with Crippen LogP contribution in [0, 0.1) is 0 Å². The molecule has 9 heteroatoms. The molecule has 0 saturated carbocycles. The smallest absolute Gasteiger partial charge is 0.341 e. The van der Waals surface area contributed by atoms with Crippen LogP contribution in [0.1, 0.15) is 37.4 Å². The fourth-order valence-corrected chi connectivity index (χ4v) is 3.06. The van der Waals surface area contributed by atoms with E-state index in [0.29, 0.717) is 35.1 Å². The van der Waals surface area contributed by atoms with Crippen molar-refractivity contribution >= 4 is 35.1 Å². The molecule has 0 fully saturated rings. The van der Waals surface area contributed by atoms with Gasteiger partial charge >= 0.3 is 11.9 Å². The second kappa shape index (κ2) is 10.5. The minimum Gasteiger partial charge on any atom is -0.496 e. The molecule has 1 aliphatic heterocycles. The van der Waals surface area contributed by atoms with Crippen molar-refractivity contribution in [1.82, 2.24) is 0 Å². The number of carboxylic acids is 1. The van der Waals surface area contributed by atoms with E-state index in [2.05, 4.69) is 4.74 Å². The van der Waals surface area contributed by atoms with Gasteiger partial charge in [-0.15, -0.1) is 0 Å². The highest BCUT2D eigenvalue weighted by Gasteiger charge is 2.19. The van der Waals surface area contributed by atoms with E-state index in [4.69, 9.17) is 42.5 Å². The SMILES string of the molecule is COC(=O)c1cc2c(cc1OC)COC2.COCc1cc(Cl)c(Cl)cc1C(=O)O. The molecule has 1 heterocycles. The Labute approximate surface area is 178 Å². The van der Waals surface area contributed by atoms with Gasteiger partial charge in [0.05, 0.1) is 49.6 Å². The van der Waals surface area contributed by atoms with Gasteiger partial charge in [0, 0.05) is 7.11 Å². The van der Waals surface area contributed by atoms with Crippen LogP contribution in [-0.4, -0.2) is 38.4 Å². The van der Waals surface area contributed by atoms with E-state index in [-0.39, 0.29) is 23.2 Å². The number of aromatic carboxylic acids is 1. The number of ether oxygens (including phenoxy) is 4. The summed E-state index contributed by atoms with van der Waals surface area (Å²) in [5.41, 5.74) is 3.16. The minimum absolute atomic E-state index is 0.112. The zero-order valence-electron chi connectivity index (χ0n) is 16.1. The van der Waals surface area contributed by atoms with E-state index in [1.165, 1.54) is 33.5 Å². The highest BCUT2D eigenvalue weighted by atomic mass is 35.5. The molecule has 29 heavy (non-hydrogen) atoms. The lowest BCUT2D eigenvalue weighted by Crippen LogP contribution is -2.05. The van der Waals surface area contributed by atoms with Crippen LogP contribution >= 0.6 is 23.2 Å². The Kier molecular flexibility index (Phi) is 8.28. The first-order valence-electron chi connectivity index (χ1n) is 8.38.